The Morgan fingerprint density at radius 2 is 1.97 bits per heavy atom. The number of carbonyl (C=O) groups is 2. The van der Waals surface area contributed by atoms with Gasteiger partial charge in [0.2, 0.25) is 0 Å². The number of nitrogens with one attached hydrogen (secondary N) is 2. The van der Waals surface area contributed by atoms with Gasteiger partial charge < -0.3 is 14.8 Å². The zero-order chi connectivity index (χ0) is 23.0. The van der Waals surface area contributed by atoms with Gasteiger partial charge >= 0.3 is 12.5 Å². The Hall–Kier alpha value is -2.53. The standard InChI is InChI=1S/C19H21ClF4N2O5/c1-11(26-18(28)30-9-12-6-14(7-12)31-19(22,23)24)4-5-25-17(27)10-29-13-2-3-15(20)16(21)8-13/h2-3,8,12,14H,1,4-7,9-10H2,(H,25,27)(H,26,28)/t12-,14-. The molecular weight excluding hydrogens is 448 g/mol. The zero-order valence-electron chi connectivity index (χ0n) is 16.3. The van der Waals surface area contributed by atoms with Gasteiger partial charge in [-0.2, -0.15) is 0 Å². The highest BCUT2D eigenvalue weighted by Crippen LogP contribution is 2.34. The summed E-state index contributed by atoms with van der Waals surface area (Å²) in [6.45, 7) is 3.40. The monoisotopic (exact) mass is 468 g/mol. The molecule has 0 aromatic heterocycles. The van der Waals surface area contributed by atoms with E-state index in [1.165, 1.54) is 12.1 Å². The molecule has 2 N–H and O–H groups in total. The van der Waals surface area contributed by atoms with Crippen LogP contribution in [0.2, 0.25) is 5.02 Å². The number of ether oxygens (including phenoxy) is 3. The predicted molar refractivity (Wildman–Crippen MR) is 102 cm³/mol. The van der Waals surface area contributed by atoms with Crippen LogP contribution < -0.4 is 15.4 Å². The predicted octanol–water partition coefficient (Wildman–Crippen LogP) is 3.92. The van der Waals surface area contributed by atoms with E-state index in [4.69, 9.17) is 21.1 Å². The summed E-state index contributed by atoms with van der Waals surface area (Å²) in [5.41, 5.74) is 0.276. The topological polar surface area (TPSA) is 85.9 Å². The molecular formula is C19H21ClF4N2O5. The minimum absolute atomic E-state index is 0.0316. The number of amides is 2. The molecule has 0 unspecified atom stereocenters. The molecule has 2 rings (SSSR count). The molecule has 1 saturated carbocycles. The van der Waals surface area contributed by atoms with Crippen molar-refractivity contribution in [1.82, 2.24) is 10.6 Å². The molecule has 0 spiro atoms. The Kier molecular flexibility index (Phi) is 8.93. The van der Waals surface area contributed by atoms with Crippen molar-refractivity contribution in [3.63, 3.8) is 0 Å². The maximum Gasteiger partial charge on any atom is 0.522 e. The molecule has 0 aliphatic heterocycles. The Morgan fingerprint density at radius 1 is 1.26 bits per heavy atom. The fraction of sp³-hybridized carbons (Fsp3) is 0.474. The lowest BCUT2D eigenvalue weighted by Crippen LogP contribution is -2.39. The molecule has 2 amide bonds. The second kappa shape index (κ2) is 11.2. The summed E-state index contributed by atoms with van der Waals surface area (Å²) in [7, 11) is 0. The van der Waals surface area contributed by atoms with Crippen LogP contribution in [0.25, 0.3) is 0 Å². The second-order valence-corrected chi connectivity index (χ2v) is 7.22. The maximum absolute atomic E-state index is 13.3. The quantitative estimate of drug-likeness (QED) is 0.508. The van der Waals surface area contributed by atoms with Crippen LogP contribution in [-0.4, -0.2) is 44.2 Å². The molecule has 1 aliphatic rings. The number of halogens is 5. The molecule has 0 heterocycles. The van der Waals surface area contributed by atoms with E-state index in [0.717, 1.165) is 6.07 Å². The smallest absolute Gasteiger partial charge is 0.484 e. The van der Waals surface area contributed by atoms with E-state index in [-0.39, 0.29) is 61.4 Å². The highest BCUT2D eigenvalue weighted by molar-refractivity contribution is 6.30. The summed E-state index contributed by atoms with van der Waals surface area (Å²) < 4.78 is 63.3. The zero-order valence-corrected chi connectivity index (χ0v) is 17.0. The highest BCUT2D eigenvalue weighted by atomic mass is 35.5. The Balaban J connectivity index is 1.52. The third-order valence-corrected chi connectivity index (χ3v) is 4.54. The molecule has 1 aromatic carbocycles. The number of hydrogen-bond acceptors (Lipinski definition) is 5. The van der Waals surface area contributed by atoms with Gasteiger partial charge in [-0.15, -0.1) is 13.2 Å². The van der Waals surface area contributed by atoms with E-state index in [1.54, 1.807) is 0 Å². The Bertz CT molecular complexity index is 800. The fourth-order valence-electron chi connectivity index (χ4n) is 2.65. The number of hydrogen-bond donors (Lipinski definition) is 2. The summed E-state index contributed by atoms with van der Waals surface area (Å²) in [4.78, 5) is 23.4. The van der Waals surface area contributed by atoms with Gasteiger partial charge in [0, 0.05) is 24.7 Å². The molecule has 0 saturated heterocycles. The van der Waals surface area contributed by atoms with Gasteiger partial charge in [-0.25, -0.2) is 9.18 Å². The number of alkyl carbamates (subject to hydrolysis) is 1. The third-order valence-electron chi connectivity index (χ3n) is 4.23. The first-order chi connectivity index (χ1) is 14.5. The summed E-state index contributed by atoms with van der Waals surface area (Å²) >= 11 is 5.55. The molecule has 0 bridgehead atoms. The highest BCUT2D eigenvalue weighted by Gasteiger charge is 2.40. The Morgan fingerprint density at radius 3 is 2.61 bits per heavy atom. The maximum atomic E-state index is 13.3. The lowest BCUT2D eigenvalue weighted by atomic mass is 9.83. The number of carbonyl (C=O) groups excluding carboxylic acids is 2. The van der Waals surface area contributed by atoms with E-state index in [1.807, 2.05) is 0 Å². The largest absolute Gasteiger partial charge is 0.522 e. The van der Waals surface area contributed by atoms with E-state index in [0.29, 0.717) is 0 Å². The van der Waals surface area contributed by atoms with Crippen LogP contribution in [-0.2, 0) is 14.3 Å². The minimum Gasteiger partial charge on any atom is -0.484 e. The third kappa shape index (κ3) is 9.43. The van der Waals surface area contributed by atoms with Crippen molar-refractivity contribution in [2.24, 2.45) is 5.92 Å². The molecule has 172 valence electrons. The van der Waals surface area contributed by atoms with Crippen LogP contribution >= 0.6 is 11.6 Å². The Labute approximate surface area is 180 Å². The van der Waals surface area contributed by atoms with Crippen molar-refractivity contribution in [2.45, 2.75) is 31.7 Å². The van der Waals surface area contributed by atoms with Gasteiger partial charge in [0.05, 0.1) is 17.7 Å². The van der Waals surface area contributed by atoms with Gasteiger partial charge in [-0.05, 0) is 30.9 Å². The van der Waals surface area contributed by atoms with E-state index in [2.05, 4.69) is 21.9 Å². The van der Waals surface area contributed by atoms with Crippen molar-refractivity contribution < 1.29 is 41.4 Å². The van der Waals surface area contributed by atoms with E-state index >= 15 is 0 Å². The van der Waals surface area contributed by atoms with Crippen LogP contribution in [0.5, 0.6) is 5.75 Å². The molecule has 0 radical (unpaired) electrons. The lowest BCUT2D eigenvalue weighted by molar-refractivity contribution is -0.354. The first-order valence-corrected chi connectivity index (χ1v) is 9.60. The number of rotatable bonds is 10. The number of benzene rings is 1. The molecule has 1 fully saturated rings. The summed E-state index contributed by atoms with van der Waals surface area (Å²) in [5.74, 6) is -1.18. The normalized spacial score (nSPS) is 18.0. The van der Waals surface area contributed by atoms with Gasteiger partial charge in [-0.3, -0.25) is 14.8 Å². The van der Waals surface area contributed by atoms with Crippen LogP contribution in [0.1, 0.15) is 19.3 Å². The summed E-state index contributed by atoms with van der Waals surface area (Å²) in [5, 5.41) is 4.84. The van der Waals surface area contributed by atoms with Gasteiger partial charge in [0.1, 0.15) is 11.6 Å². The average Bonchev–Trinajstić information content (AvgIpc) is 2.63. The van der Waals surface area contributed by atoms with Crippen molar-refractivity contribution in [3.05, 3.63) is 41.3 Å². The molecule has 31 heavy (non-hydrogen) atoms. The van der Waals surface area contributed by atoms with Gasteiger partial charge in [0.25, 0.3) is 5.91 Å². The van der Waals surface area contributed by atoms with Crippen LogP contribution in [0, 0.1) is 11.7 Å². The first kappa shape index (κ1) is 24.7. The van der Waals surface area contributed by atoms with Crippen LogP contribution in [0.3, 0.4) is 0 Å². The van der Waals surface area contributed by atoms with E-state index in [9.17, 15) is 27.2 Å². The average molecular weight is 469 g/mol. The SMILES string of the molecule is C=C(CCNC(=O)COc1ccc(Cl)c(F)c1)NC(=O)OC[C@H]1C[C@H](OC(F)(F)F)C1. The van der Waals surface area contributed by atoms with Crippen molar-refractivity contribution in [3.8, 4) is 5.75 Å². The van der Waals surface area contributed by atoms with Crippen molar-refractivity contribution >= 4 is 23.6 Å². The van der Waals surface area contributed by atoms with Crippen molar-refractivity contribution in [2.75, 3.05) is 19.8 Å². The minimum atomic E-state index is -4.67. The van der Waals surface area contributed by atoms with Crippen LogP contribution in [0.15, 0.2) is 30.5 Å². The first-order valence-electron chi connectivity index (χ1n) is 9.22. The van der Waals surface area contributed by atoms with Crippen molar-refractivity contribution in [1.29, 1.82) is 0 Å². The molecule has 7 nitrogen and oxygen atoms in total. The van der Waals surface area contributed by atoms with Gasteiger partial charge in [-0.1, -0.05) is 18.2 Å². The van der Waals surface area contributed by atoms with Gasteiger partial charge in [0.15, 0.2) is 6.61 Å². The fourth-order valence-corrected chi connectivity index (χ4v) is 2.77. The van der Waals surface area contributed by atoms with Crippen LogP contribution in [0.4, 0.5) is 22.4 Å². The molecule has 0 atom stereocenters. The number of alkyl halides is 3. The lowest BCUT2D eigenvalue weighted by Gasteiger charge is -2.34. The summed E-state index contributed by atoms with van der Waals surface area (Å²) in [6.07, 6.45) is -5.83. The molecule has 12 heteroatoms. The molecule has 1 aliphatic carbocycles. The van der Waals surface area contributed by atoms with E-state index < -0.39 is 30.3 Å². The molecule has 1 aromatic rings. The summed E-state index contributed by atoms with van der Waals surface area (Å²) in [6, 6.07) is 3.78. The second-order valence-electron chi connectivity index (χ2n) is 6.81.